The summed E-state index contributed by atoms with van der Waals surface area (Å²) in [6.07, 6.45) is 4.39. The van der Waals surface area contributed by atoms with Gasteiger partial charge in [-0.25, -0.2) is 4.79 Å². The molecular weight excluding hydrogens is 260 g/mol. The Balaban J connectivity index is 1.79. The molecule has 0 aliphatic rings. The van der Waals surface area contributed by atoms with Crippen molar-refractivity contribution in [2.45, 2.75) is 25.5 Å². The molecule has 108 valence electrons. The van der Waals surface area contributed by atoms with E-state index in [1.165, 1.54) is 6.26 Å². The Hall–Kier alpha value is -2.28. The average molecular weight is 278 g/mol. The molecule has 0 aliphatic heterocycles. The van der Waals surface area contributed by atoms with E-state index in [2.05, 4.69) is 15.7 Å². The van der Waals surface area contributed by atoms with Crippen molar-refractivity contribution >= 4 is 11.7 Å². The molecule has 0 bridgehead atoms. The van der Waals surface area contributed by atoms with Gasteiger partial charge in [0.15, 0.2) is 0 Å². The molecule has 0 spiro atoms. The fourth-order valence-electron chi connectivity index (χ4n) is 1.87. The van der Waals surface area contributed by atoms with Crippen LogP contribution in [0.4, 0.5) is 10.5 Å². The van der Waals surface area contributed by atoms with E-state index in [0.717, 1.165) is 0 Å². The quantitative estimate of drug-likeness (QED) is 0.775. The number of amides is 2. The van der Waals surface area contributed by atoms with E-state index in [0.29, 0.717) is 17.9 Å². The third-order valence-electron chi connectivity index (χ3n) is 2.79. The molecule has 3 N–H and O–H groups in total. The average Bonchev–Trinajstić information content (AvgIpc) is 3.00. The smallest absolute Gasteiger partial charge is 0.319 e. The monoisotopic (exact) mass is 278 g/mol. The molecule has 2 amide bonds. The van der Waals surface area contributed by atoms with Crippen LogP contribution in [0.1, 0.15) is 25.2 Å². The summed E-state index contributed by atoms with van der Waals surface area (Å²) in [4.78, 5) is 11.7. The molecule has 2 aromatic heterocycles. The van der Waals surface area contributed by atoms with Crippen LogP contribution in [-0.4, -0.2) is 27.0 Å². The molecule has 2 unspecified atom stereocenters. The highest BCUT2D eigenvalue weighted by Gasteiger charge is 2.16. The van der Waals surface area contributed by atoms with Crippen molar-refractivity contribution in [2.24, 2.45) is 7.05 Å². The highest BCUT2D eigenvalue weighted by atomic mass is 16.4. The second kappa shape index (κ2) is 6.25. The van der Waals surface area contributed by atoms with Gasteiger partial charge in [-0.05, 0) is 19.1 Å². The van der Waals surface area contributed by atoms with Crippen LogP contribution in [0.2, 0.25) is 0 Å². The third kappa shape index (κ3) is 3.86. The maximum absolute atomic E-state index is 11.7. The number of carbonyl (C=O) groups is 1. The van der Waals surface area contributed by atoms with Crippen LogP contribution >= 0.6 is 0 Å². The first kappa shape index (κ1) is 14.1. The number of aliphatic hydroxyl groups excluding tert-OH is 1. The lowest BCUT2D eigenvalue weighted by atomic mass is 10.1. The fourth-order valence-corrected chi connectivity index (χ4v) is 1.87. The van der Waals surface area contributed by atoms with Gasteiger partial charge in [-0.3, -0.25) is 4.68 Å². The molecule has 0 radical (unpaired) electrons. The summed E-state index contributed by atoms with van der Waals surface area (Å²) in [6, 6.07) is 2.88. The van der Waals surface area contributed by atoms with Gasteiger partial charge >= 0.3 is 6.03 Å². The van der Waals surface area contributed by atoms with Gasteiger partial charge < -0.3 is 20.2 Å². The van der Waals surface area contributed by atoms with E-state index < -0.39 is 6.10 Å². The van der Waals surface area contributed by atoms with Gasteiger partial charge in [-0.1, -0.05) is 0 Å². The molecule has 20 heavy (non-hydrogen) atoms. The van der Waals surface area contributed by atoms with E-state index >= 15 is 0 Å². The van der Waals surface area contributed by atoms with Gasteiger partial charge in [0.25, 0.3) is 0 Å². The predicted molar refractivity (Wildman–Crippen MR) is 73.1 cm³/mol. The Morgan fingerprint density at radius 3 is 3.00 bits per heavy atom. The molecule has 2 aromatic rings. The van der Waals surface area contributed by atoms with Gasteiger partial charge in [0.2, 0.25) is 0 Å². The summed E-state index contributed by atoms with van der Waals surface area (Å²) in [6.45, 7) is 1.81. The van der Waals surface area contributed by atoms with Crippen molar-refractivity contribution < 1.29 is 14.3 Å². The topological polar surface area (TPSA) is 92.3 Å². The predicted octanol–water partition coefficient (Wildman–Crippen LogP) is 1.65. The summed E-state index contributed by atoms with van der Waals surface area (Å²) in [5.41, 5.74) is 0.615. The van der Waals surface area contributed by atoms with E-state index in [1.54, 1.807) is 36.3 Å². The number of furan rings is 1. The molecule has 0 fully saturated rings. The molecule has 2 atom stereocenters. The van der Waals surface area contributed by atoms with E-state index in [-0.39, 0.29) is 12.1 Å². The van der Waals surface area contributed by atoms with Gasteiger partial charge in [0, 0.05) is 25.7 Å². The van der Waals surface area contributed by atoms with Crippen molar-refractivity contribution in [1.82, 2.24) is 15.1 Å². The normalized spacial score (nSPS) is 13.8. The Morgan fingerprint density at radius 2 is 2.40 bits per heavy atom. The number of aliphatic hydroxyl groups is 1. The fraction of sp³-hybridized carbons (Fsp3) is 0.385. The highest BCUT2D eigenvalue weighted by Crippen LogP contribution is 2.18. The lowest BCUT2D eigenvalue weighted by Gasteiger charge is -2.16. The van der Waals surface area contributed by atoms with Crippen LogP contribution in [0.15, 0.2) is 35.2 Å². The lowest BCUT2D eigenvalue weighted by Crippen LogP contribution is -2.36. The Morgan fingerprint density at radius 1 is 1.60 bits per heavy atom. The summed E-state index contributed by atoms with van der Waals surface area (Å²) < 4.78 is 6.71. The van der Waals surface area contributed by atoms with E-state index in [1.807, 2.05) is 6.92 Å². The minimum Gasteiger partial charge on any atom is -0.467 e. The first-order chi connectivity index (χ1) is 9.54. The van der Waals surface area contributed by atoms with Crippen molar-refractivity contribution in [3.63, 3.8) is 0 Å². The Kier molecular flexibility index (Phi) is 4.41. The van der Waals surface area contributed by atoms with Crippen LogP contribution in [0.5, 0.6) is 0 Å². The number of urea groups is 1. The number of hydrogen-bond donors (Lipinski definition) is 3. The van der Waals surface area contributed by atoms with E-state index in [9.17, 15) is 9.90 Å². The first-order valence-electron chi connectivity index (χ1n) is 6.32. The number of hydrogen-bond acceptors (Lipinski definition) is 4. The van der Waals surface area contributed by atoms with Gasteiger partial charge in [0.05, 0.1) is 18.1 Å². The molecule has 0 saturated heterocycles. The molecule has 7 heteroatoms. The Labute approximate surface area is 116 Å². The maximum Gasteiger partial charge on any atom is 0.319 e. The third-order valence-corrected chi connectivity index (χ3v) is 2.79. The number of nitrogens with one attached hydrogen (secondary N) is 2. The summed E-state index contributed by atoms with van der Waals surface area (Å²) in [5.74, 6) is 0.492. The van der Waals surface area contributed by atoms with Crippen LogP contribution in [0.25, 0.3) is 0 Å². The molecule has 0 aromatic carbocycles. The molecule has 0 saturated carbocycles. The second-order valence-corrected chi connectivity index (χ2v) is 4.67. The summed E-state index contributed by atoms with van der Waals surface area (Å²) in [7, 11) is 1.77. The Bertz CT molecular complexity index is 550. The minimum absolute atomic E-state index is 0.202. The molecule has 0 aliphatic carbocycles. The number of nitrogens with zero attached hydrogens (tertiary/aromatic N) is 2. The number of anilines is 1. The maximum atomic E-state index is 11.7. The van der Waals surface area contributed by atoms with Crippen LogP contribution in [0.3, 0.4) is 0 Å². The van der Waals surface area contributed by atoms with Crippen molar-refractivity contribution in [2.75, 3.05) is 5.32 Å². The molecule has 7 nitrogen and oxygen atoms in total. The number of rotatable bonds is 5. The molecule has 2 heterocycles. The largest absolute Gasteiger partial charge is 0.467 e. The lowest BCUT2D eigenvalue weighted by molar-refractivity contribution is 0.130. The SMILES string of the molecule is CC(CC(O)c1ccco1)NC(=O)Nc1cnn(C)c1. The van der Waals surface area contributed by atoms with Gasteiger partial charge in [-0.15, -0.1) is 0 Å². The van der Waals surface area contributed by atoms with Crippen LogP contribution in [-0.2, 0) is 7.05 Å². The zero-order valence-corrected chi connectivity index (χ0v) is 11.4. The zero-order chi connectivity index (χ0) is 14.5. The highest BCUT2D eigenvalue weighted by molar-refractivity contribution is 5.89. The van der Waals surface area contributed by atoms with Crippen LogP contribution < -0.4 is 10.6 Å². The van der Waals surface area contributed by atoms with Crippen molar-refractivity contribution in [3.05, 3.63) is 36.5 Å². The minimum atomic E-state index is -0.737. The number of aryl methyl sites for hydroxylation is 1. The van der Waals surface area contributed by atoms with Crippen molar-refractivity contribution in [1.29, 1.82) is 0 Å². The molecular formula is C13H18N4O3. The molecule has 2 rings (SSSR count). The summed E-state index contributed by atoms with van der Waals surface area (Å²) in [5, 5.41) is 19.3. The second-order valence-electron chi connectivity index (χ2n) is 4.67. The first-order valence-corrected chi connectivity index (χ1v) is 6.32. The summed E-state index contributed by atoms with van der Waals surface area (Å²) >= 11 is 0. The zero-order valence-electron chi connectivity index (χ0n) is 11.4. The van der Waals surface area contributed by atoms with Gasteiger partial charge in [-0.2, -0.15) is 5.10 Å². The van der Waals surface area contributed by atoms with Gasteiger partial charge in [0.1, 0.15) is 11.9 Å². The van der Waals surface area contributed by atoms with E-state index in [4.69, 9.17) is 4.42 Å². The number of aromatic nitrogens is 2. The van der Waals surface area contributed by atoms with Crippen molar-refractivity contribution in [3.8, 4) is 0 Å². The number of carbonyl (C=O) groups excluding carboxylic acids is 1. The standard InChI is InChI=1S/C13H18N4O3/c1-9(6-11(18)12-4-3-5-20-12)15-13(19)16-10-7-14-17(2)8-10/h3-5,7-9,11,18H,6H2,1-2H3,(H2,15,16,19). The van der Waals surface area contributed by atoms with Crippen LogP contribution in [0, 0.1) is 0 Å².